The molecule has 0 radical (unpaired) electrons. The van der Waals surface area contributed by atoms with Crippen LogP contribution < -0.4 is 0 Å². The predicted molar refractivity (Wildman–Crippen MR) is 65.7 cm³/mol. The fourth-order valence-corrected chi connectivity index (χ4v) is 3.28. The average Bonchev–Trinajstić information content (AvgIpc) is 2.23. The standard InChI is InChI=1S/C11H10Br2O2/c12-9-6-5-7-3-1-2-4-8(7)11(9,13)10(14)15/h1-4,9H,5-6H2,(H,14,15). The number of carboxylic acids is 1. The molecule has 0 aromatic heterocycles. The van der Waals surface area contributed by atoms with Crippen LogP contribution in [0.1, 0.15) is 17.5 Å². The molecular weight excluding hydrogens is 324 g/mol. The number of hydrogen-bond acceptors (Lipinski definition) is 1. The van der Waals surface area contributed by atoms with Crippen molar-refractivity contribution in [2.45, 2.75) is 22.0 Å². The van der Waals surface area contributed by atoms with Gasteiger partial charge in [0.2, 0.25) is 0 Å². The van der Waals surface area contributed by atoms with Crippen molar-refractivity contribution in [3.05, 3.63) is 35.4 Å². The van der Waals surface area contributed by atoms with Gasteiger partial charge in [0.25, 0.3) is 0 Å². The van der Waals surface area contributed by atoms with Gasteiger partial charge in [-0.3, -0.25) is 4.79 Å². The van der Waals surface area contributed by atoms with Gasteiger partial charge >= 0.3 is 5.97 Å². The third kappa shape index (κ3) is 1.64. The number of fused-ring (bicyclic) bond motifs is 1. The van der Waals surface area contributed by atoms with Crippen LogP contribution in [-0.2, 0) is 15.5 Å². The highest BCUT2D eigenvalue weighted by Crippen LogP contribution is 2.46. The number of carboxylic acid groups (broad SMARTS) is 1. The molecule has 4 heteroatoms. The Morgan fingerprint density at radius 2 is 2.13 bits per heavy atom. The lowest BCUT2D eigenvalue weighted by Crippen LogP contribution is -2.41. The first-order valence-electron chi connectivity index (χ1n) is 4.71. The van der Waals surface area contributed by atoms with Gasteiger partial charge in [0.1, 0.15) is 0 Å². The van der Waals surface area contributed by atoms with Crippen LogP contribution >= 0.6 is 31.9 Å². The minimum Gasteiger partial charge on any atom is -0.480 e. The number of aryl methyl sites for hydroxylation is 1. The molecule has 2 nitrogen and oxygen atoms in total. The van der Waals surface area contributed by atoms with Crippen molar-refractivity contribution in [3.8, 4) is 0 Å². The van der Waals surface area contributed by atoms with Gasteiger partial charge in [-0.25, -0.2) is 0 Å². The molecule has 1 aromatic rings. The van der Waals surface area contributed by atoms with Crippen molar-refractivity contribution in [1.29, 1.82) is 0 Å². The van der Waals surface area contributed by atoms with Gasteiger partial charge in [0.05, 0.1) is 0 Å². The van der Waals surface area contributed by atoms with Crippen LogP contribution in [0.25, 0.3) is 0 Å². The summed E-state index contributed by atoms with van der Waals surface area (Å²) in [4.78, 5) is 11.3. The summed E-state index contributed by atoms with van der Waals surface area (Å²) in [5.74, 6) is -0.837. The van der Waals surface area contributed by atoms with E-state index in [-0.39, 0.29) is 4.83 Å². The Kier molecular flexibility index (Phi) is 2.90. The zero-order chi connectivity index (χ0) is 11.1. The van der Waals surface area contributed by atoms with Crippen molar-refractivity contribution in [3.63, 3.8) is 0 Å². The van der Waals surface area contributed by atoms with Crippen molar-refractivity contribution in [2.24, 2.45) is 0 Å². The highest BCUT2D eigenvalue weighted by Gasteiger charge is 2.47. The van der Waals surface area contributed by atoms with Crippen LogP contribution in [0.5, 0.6) is 0 Å². The molecule has 0 amide bonds. The topological polar surface area (TPSA) is 37.3 Å². The van der Waals surface area contributed by atoms with Crippen LogP contribution in [0.3, 0.4) is 0 Å². The Labute approximate surface area is 105 Å². The first-order valence-corrected chi connectivity index (χ1v) is 6.42. The Balaban J connectivity index is 2.60. The minimum absolute atomic E-state index is 0.0719. The van der Waals surface area contributed by atoms with Crippen LogP contribution in [-0.4, -0.2) is 15.9 Å². The summed E-state index contributed by atoms with van der Waals surface area (Å²) in [7, 11) is 0. The van der Waals surface area contributed by atoms with Gasteiger partial charge in [-0.15, -0.1) is 0 Å². The molecule has 1 aliphatic rings. The average molecular weight is 334 g/mol. The van der Waals surface area contributed by atoms with Crippen LogP contribution in [0.15, 0.2) is 24.3 Å². The highest BCUT2D eigenvalue weighted by molar-refractivity contribution is 9.12. The van der Waals surface area contributed by atoms with Crippen molar-refractivity contribution < 1.29 is 9.90 Å². The second-order valence-electron chi connectivity index (χ2n) is 3.68. The van der Waals surface area contributed by atoms with E-state index in [0.29, 0.717) is 0 Å². The van der Waals surface area contributed by atoms with Gasteiger partial charge in [-0.2, -0.15) is 0 Å². The monoisotopic (exact) mass is 332 g/mol. The number of alkyl halides is 2. The molecule has 0 aliphatic heterocycles. The number of aliphatic carboxylic acids is 1. The van der Waals surface area contributed by atoms with Gasteiger partial charge in [-0.1, -0.05) is 56.1 Å². The second kappa shape index (κ2) is 3.91. The van der Waals surface area contributed by atoms with Gasteiger partial charge in [0, 0.05) is 4.83 Å². The van der Waals surface area contributed by atoms with E-state index < -0.39 is 10.3 Å². The van der Waals surface area contributed by atoms with Crippen molar-refractivity contribution in [2.75, 3.05) is 0 Å². The van der Waals surface area contributed by atoms with Crippen LogP contribution in [0.2, 0.25) is 0 Å². The van der Waals surface area contributed by atoms with E-state index in [2.05, 4.69) is 31.9 Å². The molecule has 1 N–H and O–H groups in total. The van der Waals surface area contributed by atoms with Gasteiger partial charge in [-0.05, 0) is 24.0 Å². The molecule has 80 valence electrons. The predicted octanol–water partition coefficient (Wildman–Crippen LogP) is 3.07. The molecule has 2 rings (SSSR count). The lowest BCUT2D eigenvalue weighted by Gasteiger charge is -2.34. The molecule has 1 aliphatic carbocycles. The van der Waals surface area contributed by atoms with Crippen LogP contribution in [0, 0.1) is 0 Å². The zero-order valence-corrected chi connectivity index (χ0v) is 11.1. The maximum atomic E-state index is 11.4. The molecule has 0 bridgehead atoms. The largest absolute Gasteiger partial charge is 0.480 e. The first kappa shape index (κ1) is 11.1. The summed E-state index contributed by atoms with van der Waals surface area (Å²) >= 11 is 6.83. The third-order valence-corrected chi connectivity index (χ3v) is 5.90. The molecular formula is C11H10Br2O2. The van der Waals surface area contributed by atoms with E-state index in [1.165, 1.54) is 0 Å². The fourth-order valence-electron chi connectivity index (χ4n) is 1.99. The van der Waals surface area contributed by atoms with E-state index in [0.717, 1.165) is 24.0 Å². The Bertz CT molecular complexity index is 405. The normalized spacial score (nSPS) is 29.6. The zero-order valence-electron chi connectivity index (χ0n) is 7.91. The summed E-state index contributed by atoms with van der Waals surface area (Å²) in [6.45, 7) is 0. The molecule has 0 heterocycles. The maximum absolute atomic E-state index is 11.4. The Morgan fingerprint density at radius 3 is 2.80 bits per heavy atom. The molecule has 0 saturated heterocycles. The fraction of sp³-hybridized carbons (Fsp3) is 0.364. The van der Waals surface area contributed by atoms with Crippen molar-refractivity contribution in [1.82, 2.24) is 0 Å². The minimum atomic E-state index is -0.984. The summed E-state index contributed by atoms with van der Waals surface area (Å²) in [6, 6.07) is 7.70. The highest BCUT2D eigenvalue weighted by atomic mass is 79.9. The van der Waals surface area contributed by atoms with E-state index in [1.807, 2.05) is 24.3 Å². The van der Waals surface area contributed by atoms with Gasteiger partial charge in [0.15, 0.2) is 4.32 Å². The first-order chi connectivity index (χ1) is 7.06. The smallest absolute Gasteiger partial charge is 0.326 e. The molecule has 0 saturated carbocycles. The van der Waals surface area contributed by atoms with E-state index in [4.69, 9.17) is 0 Å². The molecule has 0 spiro atoms. The third-order valence-electron chi connectivity index (χ3n) is 2.82. The lowest BCUT2D eigenvalue weighted by molar-refractivity contribution is -0.140. The summed E-state index contributed by atoms with van der Waals surface area (Å²) in [5, 5.41) is 9.34. The van der Waals surface area contributed by atoms with E-state index in [1.54, 1.807) is 0 Å². The number of halogens is 2. The van der Waals surface area contributed by atoms with E-state index >= 15 is 0 Å². The molecule has 2 unspecified atom stereocenters. The van der Waals surface area contributed by atoms with E-state index in [9.17, 15) is 9.90 Å². The molecule has 2 atom stereocenters. The van der Waals surface area contributed by atoms with Gasteiger partial charge < -0.3 is 5.11 Å². The lowest BCUT2D eigenvalue weighted by atomic mass is 9.82. The molecule has 1 aromatic carbocycles. The second-order valence-corrected chi connectivity index (χ2v) is 6.04. The number of rotatable bonds is 1. The number of benzene rings is 1. The summed E-state index contributed by atoms with van der Waals surface area (Å²) < 4.78 is -0.984. The summed E-state index contributed by atoms with van der Waals surface area (Å²) in [6.07, 6.45) is 1.75. The maximum Gasteiger partial charge on any atom is 0.326 e. The Morgan fingerprint density at radius 1 is 1.47 bits per heavy atom. The number of hydrogen-bond donors (Lipinski definition) is 1. The SMILES string of the molecule is O=C(O)C1(Br)c2ccccc2CCC1Br. The Hall–Kier alpha value is -0.350. The quantitative estimate of drug-likeness (QED) is 0.802. The van der Waals surface area contributed by atoms with Crippen molar-refractivity contribution >= 4 is 37.8 Å². The van der Waals surface area contributed by atoms with Crippen LogP contribution in [0.4, 0.5) is 0 Å². The molecule has 15 heavy (non-hydrogen) atoms. The summed E-state index contributed by atoms with van der Waals surface area (Å²) in [5.41, 5.74) is 1.98. The molecule has 0 fully saturated rings. The number of carbonyl (C=O) groups is 1.